The van der Waals surface area contributed by atoms with Crippen molar-refractivity contribution in [2.24, 2.45) is 0 Å². The molecule has 0 spiro atoms. The molecule has 0 heterocycles. The molecule has 0 saturated heterocycles. The summed E-state index contributed by atoms with van der Waals surface area (Å²) in [5.74, 6) is 0. The van der Waals surface area contributed by atoms with E-state index in [1.807, 2.05) is 0 Å². The topological polar surface area (TPSA) is 0 Å². The van der Waals surface area contributed by atoms with Crippen molar-refractivity contribution in [3.63, 3.8) is 0 Å². The zero-order chi connectivity index (χ0) is 18.9. The molecule has 28 heavy (non-hydrogen) atoms. The van der Waals surface area contributed by atoms with E-state index in [-0.39, 0.29) is 30.2 Å². The van der Waals surface area contributed by atoms with Gasteiger partial charge in [-0.25, -0.2) is 0 Å². The first-order valence-corrected chi connectivity index (χ1v) is 14.9. The Labute approximate surface area is 197 Å². The first-order chi connectivity index (χ1) is 12.5. The molecular weight excluding hydrogens is 478 g/mol. The van der Waals surface area contributed by atoms with Crippen LogP contribution >= 0.6 is 0 Å². The van der Waals surface area contributed by atoms with Crippen LogP contribution in [0.1, 0.15) is 25.0 Å². The minimum Gasteiger partial charge on any atom is -1.00 e. The third-order valence-corrected chi connectivity index (χ3v) is 11.3. The molecule has 0 aliphatic carbocycles. The Kier molecular flexibility index (Phi) is 14.0. The molecule has 0 aromatic heterocycles. The van der Waals surface area contributed by atoms with Crippen molar-refractivity contribution in [2.45, 2.75) is 39.8 Å². The Bertz CT molecular complexity index is 825. The molecule has 0 N–H and O–H groups in total. The van der Waals surface area contributed by atoms with E-state index >= 15 is 0 Å². The van der Waals surface area contributed by atoms with E-state index in [4.69, 9.17) is 0 Å². The van der Waals surface area contributed by atoms with E-state index in [0.29, 0.717) is 0 Å². The largest absolute Gasteiger partial charge is 1.00 e. The normalized spacial score (nSPS) is 9.36. The molecule has 148 valence electrons. The first kappa shape index (κ1) is 27.3. The van der Waals surface area contributed by atoms with Gasteiger partial charge in [0.1, 0.15) is 0 Å². The van der Waals surface area contributed by atoms with Gasteiger partial charge in [0.15, 0.2) is 0 Å². The summed E-state index contributed by atoms with van der Waals surface area (Å²) in [5, 5.41) is 5.39. The van der Waals surface area contributed by atoms with Crippen molar-refractivity contribution < 1.29 is 48.1 Å². The molecular formula is C24H28Cl2SiZr-2. The molecule has 0 unspecified atom stereocenters. The van der Waals surface area contributed by atoms with Gasteiger partial charge in [0.25, 0.3) is 0 Å². The molecule has 0 saturated carbocycles. The Hall–Kier alpha value is -0.660. The fourth-order valence-electron chi connectivity index (χ4n) is 2.86. The molecule has 4 aromatic rings. The SMILES string of the molecule is CC[Si](=[Zr+2])CC.Cc1cc2ccccc2[cH-]1.Cc1cc2ccccc2[cH-]1.[Cl-].[Cl-]. The molecule has 0 amide bonds. The van der Waals surface area contributed by atoms with Crippen molar-refractivity contribution in [3.05, 3.63) is 83.9 Å². The van der Waals surface area contributed by atoms with E-state index in [2.05, 4.69) is 100 Å². The van der Waals surface area contributed by atoms with Gasteiger partial charge in [-0.05, 0) is 0 Å². The second kappa shape index (κ2) is 14.3. The average molecular weight is 507 g/mol. The second-order valence-corrected chi connectivity index (χ2v) is 14.5. The molecule has 4 aromatic carbocycles. The van der Waals surface area contributed by atoms with E-state index in [0.717, 1.165) is 0 Å². The van der Waals surface area contributed by atoms with Crippen LogP contribution in [0.4, 0.5) is 0 Å². The smallest absolute Gasteiger partial charge is 0.0579 e. The monoisotopic (exact) mass is 504 g/mol. The standard InChI is InChI=1S/2C10H9.C4H10Si.2ClH.Zr/c2*1-8-6-9-4-2-3-5-10(9)7-8;1-3-5-4-2;;;/h2*2-7H,1H3;3-4H2,1-2H3;2*1H;/q2*-1;;;;+2/p-2. The van der Waals surface area contributed by atoms with Crippen molar-refractivity contribution in [1.82, 2.24) is 0 Å². The van der Waals surface area contributed by atoms with E-state index in [1.54, 1.807) is 23.3 Å². The molecule has 4 rings (SSSR count). The number of halogens is 2. The number of hydrogen-bond acceptors (Lipinski definition) is 0. The fraction of sp³-hybridized carbons (Fsp3) is 0.250. The van der Waals surface area contributed by atoms with Crippen molar-refractivity contribution >= 4 is 27.0 Å². The molecule has 0 aliphatic heterocycles. The molecule has 0 bridgehead atoms. The van der Waals surface area contributed by atoms with E-state index in [9.17, 15) is 0 Å². The van der Waals surface area contributed by atoms with Gasteiger partial charge in [-0.15, -0.1) is 81.2 Å². The summed E-state index contributed by atoms with van der Waals surface area (Å²) in [4.78, 5) is 0. The van der Waals surface area contributed by atoms with Crippen molar-refractivity contribution in [2.75, 3.05) is 0 Å². The van der Waals surface area contributed by atoms with E-state index in [1.165, 1.54) is 44.8 Å². The number of benzene rings is 2. The van der Waals surface area contributed by atoms with Gasteiger partial charge in [-0.3, -0.25) is 0 Å². The predicted molar refractivity (Wildman–Crippen MR) is 115 cm³/mol. The van der Waals surface area contributed by atoms with Gasteiger partial charge in [-0.1, -0.05) is 26.0 Å². The summed E-state index contributed by atoms with van der Waals surface area (Å²) in [6.45, 7) is 8.85. The number of aryl methyl sites for hydroxylation is 2. The summed E-state index contributed by atoms with van der Waals surface area (Å²) in [5.41, 5.74) is 2.92. The Morgan fingerprint density at radius 2 is 1.07 bits per heavy atom. The van der Waals surface area contributed by atoms with Crippen LogP contribution in [0.5, 0.6) is 0 Å². The number of hydrogen-bond donors (Lipinski definition) is 0. The Morgan fingerprint density at radius 1 is 0.714 bits per heavy atom. The minimum atomic E-state index is 0. The summed E-state index contributed by atoms with van der Waals surface area (Å²) in [6, 6.07) is 28.6. The molecule has 0 radical (unpaired) electrons. The van der Waals surface area contributed by atoms with Gasteiger partial charge in [0, 0.05) is 0 Å². The van der Waals surface area contributed by atoms with Crippen LogP contribution in [0.15, 0.2) is 72.8 Å². The summed E-state index contributed by atoms with van der Waals surface area (Å²) in [7, 11) is 0. The molecule has 0 atom stereocenters. The summed E-state index contributed by atoms with van der Waals surface area (Å²) < 4.78 is 0. The predicted octanol–water partition coefficient (Wildman–Crippen LogP) is 1.31. The number of rotatable bonds is 2. The average Bonchev–Trinajstić information content (AvgIpc) is 3.22. The van der Waals surface area contributed by atoms with Crippen LogP contribution in [0.3, 0.4) is 0 Å². The summed E-state index contributed by atoms with van der Waals surface area (Å²) >= 11 is 1.80. The van der Waals surface area contributed by atoms with Crippen LogP contribution in [0, 0.1) is 13.8 Å². The maximum atomic E-state index is 2.30. The molecule has 4 heteroatoms. The van der Waals surface area contributed by atoms with Gasteiger partial charge in [0.05, 0.1) is 0 Å². The Morgan fingerprint density at radius 3 is 1.36 bits per heavy atom. The zero-order valence-corrected chi connectivity index (χ0v) is 22.1. The van der Waals surface area contributed by atoms with Gasteiger partial charge in [-0.2, -0.15) is 12.1 Å². The minimum absolute atomic E-state index is 0. The quantitative estimate of drug-likeness (QED) is 0.284. The third-order valence-electron chi connectivity index (χ3n) is 4.38. The zero-order valence-electron chi connectivity index (χ0n) is 17.1. The number of fused-ring (bicyclic) bond motifs is 2. The third kappa shape index (κ3) is 8.78. The van der Waals surface area contributed by atoms with Crippen LogP contribution in [0.2, 0.25) is 12.1 Å². The fourth-order valence-corrected chi connectivity index (χ4v) is 3.36. The van der Waals surface area contributed by atoms with Gasteiger partial charge < -0.3 is 24.8 Å². The maximum absolute atomic E-state index is 2.30. The Balaban J connectivity index is 0.000000391. The van der Waals surface area contributed by atoms with Crippen molar-refractivity contribution in [3.8, 4) is 0 Å². The molecule has 0 aliphatic rings. The first-order valence-electron chi connectivity index (χ1n) is 9.34. The van der Waals surface area contributed by atoms with Crippen LogP contribution in [-0.4, -0.2) is 5.43 Å². The van der Waals surface area contributed by atoms with Gasteiger partial charge in [0.2, 0.25) is 0 Å². The van der Waals surface area contributed by atoms with Crippen LogP contribution < -0.4 is 24.8 Å². The second-order valence-electron chi connectivity index (χ2n) is 6.63. The van der Waals surface area contributed by atoms with E-state index < -0.39 is 0 Å². The maximum Gasteiger partial charge on any atom is -0.0579 e. The molecule has 0 nitrogen and oxygen atoms in total. The van der Waals surface area contributed by atoms with Crippen LogP contribution in [0.25, 0.3) is 21.5 Å². The molecule has 0 fully saturated rings. The van der Waals surface area contributed by atoms with Crippen molar-refractivity contribution in [1.29, 1.82) is 0 Å². The van der Waals surface area contributed by atoms with Gasteiger partial charge >= 0.3 is 54.7 Å². The summed E-state index contributed by atoms with van der Waals surface area (Å²) in [6.07, 6.45) is 0. The van der Waals surface area contributed by atoms with Crippen LogP contribution in [-0.2, 0) is 23.3 Å².